The monoisotopic (exact) mass is 235 g/mol. The fourth-order valence-electron chi connectivity index (χ4n) is 2.62. The Balaban J connectivity index is 2.22. The molecule has 1 aliphatic heterocycles. The van der Waals surface area contributed by atoms with Crippen LogP contribution in [0.25, 0.3) is 0 Å². The Hall–Kier alpha value is -1.55. The predicted molar refractivity (Wildman–Crippen MR) is 63.9 cm³/mol. The van der Waals surface area contributed by atoms with E-state index in [2.05, 4.69) is 0 Å². The highest BCUT2D eigenvalue weighted by atomic mass is 16.4. The van der Waals surface area contributed by atoms with Gasteiger partial charge in [0.2, 0.25) is 0 Å². The van der Waals surface area contributed by atoms with Gasteiger partial charge in [-0.05, 0) is 24.8 Å². The number of benzene rings is 1. The lowest BCUT2D eigenvalue weighted by atomic mass is 9.89. The highest BCUT2D eigenvalue weighted by molar-refractivity contribution is 5.66. The van der Waals surface area contributed by atoms with Crippen LogP contribution in [0.15, 0.2) is 30.3 Å². The zero-order valence-corrected chi connectivity index (χ0v) is 9.67. The Kier molecular flexibility index (Phi) is 3.33. The van der Waals surface area contributed by atoms with Crippen molar-refractivity contribution in [3.63, 3.8) is 0 Å². The van der Waals surface area contributed by atoms with Gasteiger partial charge >= 0.3 is 6.09 Å². The third-order valence-corrected chi connectivity index (χ3v) is 3.50. The summed E-state index contributed by atoms with van der Waals surface area (Å²) in [4.78, 5) is 12.6. The zero-order chi connectivity index (χ0) is 12.3. The first-order valence-corrected chi connectivity index (χ1v) is 5.83. The molecule has 1 saturated heterocycles. The second kappa shape index (κ2) is 4.75. The largest absolute Gasteiger partial charge is 0.465 e. The van der Waals surface area contributed by atoms with Crippen LogP contribution in [0.1, 0.15) is 18.4 Å². The van der Waals surface area contributed by atoms with E-state index in [4.69, 9.17) is 0 Å². The van der Waals surface area contributed by atoms with E-state index in [1.807, 2.05) is 30.3 Å². The van der Waals surface area contributed by atoms with Gasteiger partial charge in [-0.1, -0.05) is 30.3 Å². The van der Waals surface area contributed by atoms with Crippen molar-refractivity contribution in [3.05, 3.63) is 35.9 Å². The first-order chi connectivity index (χ1) is 8.18. The van der Waals surface area contributed by atoms with Crippen LogP contribution >= 0.6 is 0 Å². The van der Waals surface area contributed by atoms with Crippen LogP contribution in [0.4, 0.5) is 4.79 Å². The Morgan fingerprint density at radius 2 is 2.06 bits per heavy atom. The number of aliphatic hydroxyl groups excluding tert-OH is 1. The molecule has 1 aliphatic rings. The van der Waals surface area contributed by atoms with Crippen molar-refractivity contribution in [2.75, 3.05) is 13.2 Å². The van der Waals surface area contributed by atoms with Gasteiger partial charge in [0.1, 0.15) is 0 Å². The number of nitrogens with zero attached hydrogens (tertiary/aromatic N) is 1. The molecule has 1 fully saturated rings. The van der Waals surface area contributed by atoms with Gasteiger partial charge < -0.3 is 15.1 Å². The van der Waals surface area contributed by atoms with Crippen LogP contribution in [-0.4, -0.2) is 39.9 Å². The second-order valence-electron chi connectivity index (χ2n) is 4.58. The number of carboxylic acid groups (broad SMARTS) is 1. The highest BCUT2D eigenvalue weighted by Gasteiger charge is 2.43. The van der Waals surface area contributed by atoms with Gasteiger partial charge in [-0.15, -0.1) is 0 Å². The van der Waals surface area contributed by atoms with Crippen molar-refractivity contribution in [1.29, 1.82) is 0 Å². The summed E-state index contributed by atoms with van der Waals surface area (Å²) in [7, 11) is 0. The van der Waals surface area contributed by atoms with E-state index in [9.17, 15) is 15.0 Å². The molecule has 1 atom stereocenters. The maximum atomic E-state index is 11.2. The van der Waals surface area contributed by atoms with E-state index in [1.165, 1.54) is 4.90 Å². The van der Waals surface area contributed by atoms with Crippen LogP contribution in [-0.2, 0) is 6.42 Å². The second-order valence-corrected chi connectivity index (χ2v) is 4.58. The molecule has 17 heavy (non-hydrogen) atoms. The standard InChI is InChI=1S/C13H17NO3/c15-10-13(7-4-8-14(13)12(16)17)9-11-5-2-1-3-6-11/h1-3,5-6,15H,4,7-10H2,(H,16,17)/t13-/m0/s1. The third-order valence-electron chi connectivity index (χ3n) is 3.50. The smallest absolute Gasteiger partial charge is 0.407 e. The maximum Gasteiger partial charge on any atom is 0.407 e. The summed E-state index contributed by atoms with van der Waals surface area (Å²) >= 11 is 0. The maximum absolute atomic E-state index is 11.2. The van der Waals surface area contributed by atoms with Crippen LogP contribution in [0.2, 0.25) is 0 Å². The number of rotatable bonds is 3. The quantitative estimate of drug-likeness (QED) is 0.838. The SMILES string of the molecule is O=C(O)N1CCC[C@@]1(CO)Cc1ccccc1. The molecule has 0 aliphatic carbocycles. The summed E-state index contributed by atoms with van der Waals surface area (Å²) in [5.74, 6) is 0. The molecular formula is C13H17NO3. The average molecular weight is 235 g/mol. The third kappa shape index (κ3) is 2.26. The fourth-order valence-corrected chi connectivity index (χ4v) is 2.62. The Morgan fingerprint density at radius 1 is 1.35 bits per heavy atom. The summed E-state index contributed by atoms with van der Waals surface area (Å²) in [5, 5.41) is 18.8. The topological polar surface area (TPSA) is 60.8 Å². The number of amides is 1. The summed E-state index contributed by atoms with van der Waals surface area (Å²) in [5.41, 5.74) is 0.433. The predicted octanol–water partition coefficient (Wildman–Crippen LogP) is 1.73. The van der Waals surface area contributed by atoms with Crippen molar-refractivity contribution in [1.82, 2.24) is 4.90 Å². The van der Waals surface area contributed by atoms with Gasteiger partial charge in [0, 0.05) is 6.54 Å². The Labute approximate surface area is 100 Å². The summed E-state index contributed by atoms with van der Waals surface area (Å²) in [6, 6.07) is 9.73. The molecule has 4 nitrogen and oxygen atoms in total. The molecule has 2 rings (SSSR count). The molecule has 0 aromatic heterocycles. The van der Waals surface area contributed by atoms with Crippen molar-refractivity contribution in [2.24, 2.45) is 0 Å². The van der Waals surface area contributed by atoms with E-state index >= 15 is 0 Å². The van der Waals surface area contributed by atoms with Crippen LogP contribution in [0, 0.1) is 0 Å². The van der Waals surface area contributed by atoms with E-state index in [1.54, 1.807) is 0 Å². The molecular weight excluding hydrogens is 218 g/mol. The first kappa shape index (κ1) is 11.9. The van der Waals surface area contributed by atoms with E-state index in [0.717, 1.165) is 18.4 Å². The lowest BCUT2D eigenvalue weighted by molar-refractivity contribution is 0.0599. The molecule has 0 bridgehead atoms. The van der Waals surface area contributed by atoms with Crippen LogP contribution < -0.4 is 0 Å². The lowest BCUT2D eigenvalue weighted by Gasteiger charge is -2.35. The number of carbonyl (C=O) groups is 1. The Bertz CT molecular complexity index is 393. The molecule has 2 N–H and O–H groups in total. The molecule has 4 heteroatoms. The van der Waals surface area contributed by atoms with E-state index in [-0.39, 0.29) is 6.61 Å². The molecule has 1 aromatic carbocycles. The summed E-state index contributed by atoms with van der Waals surface area (Å²) < 4.78 is 0. The number of hydrogen-bond donors (Lipinski definition) is 2. The van der Waals surface area contributed by atoms with Crippen molar-refractivity contribution in [3.8, 4) is 0 Å². The molecule has 1 amide bonds. The van der Waals surface area contributed by atoms with Crippen molar-refractivity contribution in [2.45, 2.75) is 24.8 Å². The highest BCUT2D eigenvalue weighted by Crippen LogP contribution is 2.32. The van der Waals surface area contributed by atoms with E-state index < -0.39 is 11.6 Å². The van der Waals surface area contributed by atoms with Crippen molar-refractivity contribution < 1.29 is 15.0 Å². The average Bonchev–Trinajstić information content (AvgIpc) is 2.75. The van der Waals surface area contributed by atoms with Crippen molar-refractivity contribution >= 4 is 6.09 Å². The minimum absolute atomic E-state index is 0.117. The molecule has 0 radical (unpaired) electrons. The van der Waals surface area contributed by atoms with Gasteiger partial charge in [0.05, 0.1) is 12.1 Å². The summed E-state index contributed by atoms with van der Waals surface area (Å²) in [6.07, 6.45) is 1.19. The Morgan fingerprint density at radius 3 is 2.65 bits per heavy atom. The minimum atomic E-state index is -0.938. The first-order valence-electron chi connectivity index (χ1n) is 5.83. The number of hydrogen-bond acceptors (Lipinski definition) is 2. The number of likely N-dealkylation sites (tertiary alicyclic amines) is 1. The molecule has 0 spiro atoms. The molecule has 1 aromatic rings. The lowest BCUT2D eigenvalue weighted by Crippen LogP contribution is -2.51. The van der Waals surface area contributed by atoms with Gasteiger partial charge in [-0.25, -0.2) is 4.79 Å². The number of aliphatic hydroxyl groups is 1. The molecule has 0 saturated carbocycles. The normalized spacial score (nSPS) is 23.9. The minimum Gasteiger partial charge on any atom is -0.465 e. The van der Waals surface area contributed by atoms with Crippen LogP contribution in [0.5, 0.6) is 0 Å². The van der Waals surface area contributed by atoms with Gasteiger partial charge in [0.15, 0.2) is 0 Å². The van der Waals surface area contributed by atoms with Crippen LogP contribution in [0.3, 0.4) is 0 Å². The van der Waals surface area contributed by atoms with Gasteiger partial charge in [0.25, 0.3) is 0 Å². The van der Waals surface area contributed by atoms with E-state index in [0.29, 0.717) is 13.0 Å². The zero-order valence-electron chi connectivity index (χ0n) is 9.67. The van der Waals surface area contributed by atoms with Gasteiger partial charge in [-0.3, -0.25) is 0 Å². The molecule has 0 unspecified atom stereocenters. The molecule has 92 valence electrons. The fraction of sp³-hybridized carbons (Fsp3) is 0.462. The molecule has 1 heterocycles. The van der Waals surface area contributed by atoms with Gasteiger partial charge in [-0.2, -0.15) is 0 Å². The summed E-state index contributed by atoms with van der Waals surface area (Å²) in [6.45, 7) is 0.400.